The Kier molecular flexibility index (Phi) is 4.55. The molecule has 1 heterocycles. The molecule has 2 rings (SSSR count). The summed E-state index contributed by atoms with van der Waals surface area (Å²) in [5.41, 5.74) is 2.05. The van der Waals surface area contributed by atoms with Crippen LogP contribution in [0.1, 0.15) is 11.3 Å². The van der Waals surface area contributed by atoms with E-state index in [1.54, 1.807) is 0 Å². The molecular weight excluding hydrogens is 254 g/mol. The molecule has 0 saturated heterocycles. The summed E-state index contributed by atoms with van der Waals surface area (Å²) in [5, 5.41) is 3.07. The van der Waals surface area contributed by atoms with Crippen molar-refractivity contribution in [2.45, 2.75) is 13.3 Å². The second kappa shape index (κ2) is 6.56. The smallest absolute Gasteiger partial charge is 0.255 e. The zero-order chi connectivity index (χ0) is 14.4. The maximum atomic E-state index is 12.0. The first-order valence-corrected chi connectivity index (χ1v) is 6.35. The molecule has 0 fully saturated rings. The van der Waals surface area contributed by atoms with Crippen LogP contribution in [0.4, 0.5) is 11.6 Å². The molecule has 0 aliphatic rings. The summed E-state index contributed by atoms with van der Waals surface area (Å²) in [6.45, 7) is 5.70. The number of nitrogens with one attached hydrogen (secondary N) is 2. The van der Waals surface area contributed by atoms with Gasteiger partial charge < -0.3 is 10.1 Å². The number of para-hydroxylation sites is 1. The first-order chi connectivity index (χ1) is 9.70. The molecule has 5 nitrogen and oxygen atoms in total. The molecule has 0 radical (unpaired) electrons. The van der Waals surface area contributed by atoms with E-state index in [-0.39, 0.29) is 5.56 Å². The molecule has 104 valence electrons. The Balaban J connectivity index is 2.17. The summed E-state index contributed by atoms with van der Waals surface area (Å²) in [7, 11) is 0. The minimum atomic E-state index is -0.149. The van der Waals surface area contributed by atoms with E-state index in [4.69, 9.17) is 4.74 Å². The molecule has 0 atom stereocenters. The molecule has 1 aromatic carbocycles. The summed E-state index contributed by atoms with van der Waals surface area (Å²) in [5.74, 6) is 0.437. The molecular formula is C15H17N3O2. The Bertz CT molecular complexity index is 635. The molecule has 5 heteroatoms. The highest BCUT2D eigenvalue weighted by Gasteiger charge is 2.08. The lowest BCUT2D eigenvalue weighted by Gasteiger charge is -2.09. The van der Waals surface area contributed by atoms with Crippen molar-refractivity contribution >= 4 is 11.6 Å². The zero-order valence-corrected chi connectivity index (χ0v) is 11.3. The van der Waals surface area contributed by atoms with E-state index in [0.29, 0.717) is 30.2 Å². The first kappa shape index (κ1) is 13.9. The Hall–Kier alpha value is -2.56. The van der Waals surface area contributed by atoms with Gasteiger partial charge in [0.2, 0.25) is 5.95 Å². The van der Waals surface area contributed by atoms with Crippen LogP contribution in [0.15, 0.2) is 48.0 Å². The second-order valence-electron chi connectivity index (χ2n) is 4.26. The van der Waals surface area contributed by atoms with Gasteiger partial charge in [-0.05, 0) is 19.1 Å². The van der Waals surface area contributed by atoms with Crippen molar-refractivity contribution in [2.24, 2.45) is 0 Å². The molecule has 2 aromatic rings. The van der Waals surface area contributed by atoms with Crippen LogP contribution in [0.5, 0.6) is 0 Å². The van der Waals surface area contributed by atoms with Gasteiger partial charge in [-0.3, -0.25) is 9.78 Å². The van der Waals surface area contributed by atoms with Gasteiger partial charge >= 0.3 is 0 Å². The largest absolute Gasteiger partial charge is 0.501 e. The second-order valence-corrected chi connectivity index (χ2v) is 4.26. The normalized spacial score (nSPS) is 10.1. The van der Waals surface area contributed by atoms with E-state index < -0.39 is 0 Å². The van der Waals surface area contributed by atoms with Gasteiger partial charge in [-0.1, -0.05) is 24.8 Å². The van der Waals surface area contributed by atoms with Gasteiger partial charge in [-0.2, -0.15) is 0 Å². The third-order valence-electron chi connectivity index (χ3n) is 2.85. The Morgan fingerprint density at radius 3 is 2.80 bits per heavy atom. The maximum absolute atomic E-state index is 12.0. The topological polar surface area (TPSA) is 67.0 Å². The number of ether oxygens (including phenoxy) is 1. The number of rotatable bonds is 6. The number of hydrogen-bond acceptors (Lipinski definition) is 4. The number of hydrogen-bond donors (Lipinski definition) is 2. The summed E-state index contributed by atoms with van der Waals surface area (Å²) in [6, 6.07) is 9.56. The fourth-order valence-corrected chi connectivity index (χ4v) is 1.87. The van der Waals surface area contributed by atoms with Crippen molar-refractivity contribution in [3.8, 4) is 0 Å². The monoisotopic (exact) mass is 271 g/mol. The molecule has 2 N–H and O–H groups in total. The molecule has 0 bridgehead atoms. The van der Waals surface area contributed by atoms with Crippen LogP contribution < -0.4 is 10.9 Å². The average molecular weight is 271 g/mol. The summed E-state index contributed by atoms with van der Waals surface area (Å²) >= 11 is 0. The van der Waals surface area contributed by atoms with E-state index in [1.807, 2.05) is 37.3 Å². The fourth-order valence-electron chi connectivity index (χ4n) is 1.87. The van der Waals surface area contributed by atoms with Crippen molar-refractivity contribution in [3.63, 3.8) is 0 Å². The molecule has 1 aromatic heterocycles. The van der Waals surface area contributed by atoms with Crippen LogP contribution in [0, 0.1) is 6.92 Å². The lowest BCUT2D eigenvalue weighted by molar-refractivity contribution is 0.254. The summed E-state index contributed by atoms with van der Waals surface area (Å²) in [4.78, 5) is 19.1. The minimum Gasteiger partial charge on any atom is -0.501 e. The average Bonchev–Trinajstić information content (AvgIpc) is 2.43. The quantitative estimate of drug-likeness (QED) is 0.626. The van der Waals surface area contributed by atoms with Crippen LogP contribution >= 0.6 is 0 Å². The van der Waals surface area contributed by atoms with Gasteiger partial charge in [0.05, 0.1) is 18.6 Å². The van der Waals surface area contributed by atoms with Gasteiger partial charge in [0.15, 0.2) is 0 Å². The molecule has 0 saturated carbocycles. The first-order valence-electron chi connectivity index (χ1n) is 6.35. The standard InChI is InChI=1S/C15H17N3O2/c1-3-20-10-9-13-11(2)16-15(18-14(13)19)17-12-7-5-4-6-8-12/h3-8H,1,9-10H2,2H3,(H2,16,17,18,19). The number of nitrogens with zero attached hydrogens (tertiary/aromatic N) is 1. The number of anilines is 2. The van der Waals surface area contributed by atoms with E-state index in [2.05, 4.69) is 21.9 Å². The van der Waals surface area contributed by atoms with Crippen LogP contribution in [-0.4, -0.2) is 16.6 Å². The lowest BCUT2D eigenvalue weighted by atomic mass is 10.2. The Labute approximate surface area is 117 Å². The summed E-state index contributed by atoms with van der Waals surface area (Å²) < 4.78 is 5.04. The number of benzene rings is 1. The van der Waals surface area contributed by atoms with Gasteiger partial charge in [0.1, 0.15) is 0 Å². The van der Waals surface area contributed by atoms with Crippen molar-refractivity contribution in [2.75, 3.05) is 11.9 Å². The van der Waals surface area contributed by atoms with Crippen LogP contribution in [0.2, 0.25) is 0 Å². The predicted molar refractivity (Wildman–Crippen MR) is 79.2 cm³/mol. The van der Waals surface area contributed by atoms with Crippen LogP contribution in [0.3, 0.4) is 0 Å². The number of aromatic amines is 1. The van der Waals surface area contributed by atoms with Crippen LogP contribution in [-0.2, 0) is 11.2 Å². The number of aryl methyl sites for hydroxylation is 1. The van der Waals surface area contributed by atoms with Crippen molar-refractivity contribution in [1.29, 1.82) is 0 Å². The Morgan fingerprint density at radius 2 is 2.15 bits per heavy atom. The number of H-pyrrole nitrogens is 1. The third-order valence-corrected chi connectivity index (χ3v) is 2.85. The lowest BCUT2D eigenvalue weighted by Crippen LogP contribution is -2.19. The van der Waals surface area contributed by atoms with E-state index in [0.717, 1.165) is 5.69 Å². The highest BCUT2D eigenvalue weighted by atomic mass is 16.5. The highest BCUT2D eigenvalue weighted by molar-refractivity contribution is 5.52. The van der Waals surface area contributed by atoms with Crippen molar-refractivity contribution < 1.29 is 4.74 Å². The molecule has 0 aliphatic heterocycles. The van der Waals surface area contributed by atoms with E-state index in [1.165, 1.54) is 6.26 Å². The van der Waals surface area contributed by atoms with Gasteiger partial charge in [-0.15, -0.1) is 0 Å². The van der Waals surface area contributed by atoms with Crippen LogP contribution in [0.25, 0.3) is 0 Å². The molecule has 20 heavy (non-hydrogen) atoms. The highest BCUT2D eigenvalue weighted by Crippen LogP contribution is 2.11. The van der Waals surface area contributed by atoms with Gasteiger partial charge in [0.25, 0.3) is 5.56 Å². The van der Waals surface area contributed by atoms with Gasteiger partial charge in [0, 0.05) is 17.7 Å². The maximum Gasteiger partial charge on any atom is 0.255 e. The Morgan fingerprint density at radius 1 is 1.40 bits per heavy atom. The van der Waals surface area contributed by atoms with Crippen molar-refractivity contribution in [1.82, 2.24) is 9.97 Å². The third kappa shape index (κ3) is 3.47. The molecule has 0 spiro atoms. The fraction of sp³-hybridized carbons (Fsp3) is 0.200. The summed E-state index contributed by atoms with van der Waals surface area (Å²) in [6.07, 6.45) is 1.87. The zero-order valence-electron chi connectivity index (χ0n) is 11.3. The molecule has 0 unspecified atom stereocenters. The van der Waals surface area contributed by atoms with E-state index in [9.17, 15) is 4.79 Å². The van der Waals surface area contributed by atoms with E-state index >= 15 is 0 Å². The SMILES string of the molecule is C=COCCc1c(C)nc(Nc2ccccc2)[nH]c1=O. The number of aromatic nitrogens is 2. The molecule has 0 aliphatic carbocycles. The minimum absolute atomic E-state index is 0.149. The molecule has 0 amide bonds. The van der Waals surface area contributed by atoms with Gasteiger partial charge in [-0.25, -0.2) is 4.98 Å². The predicted octanol–water partition coefficient (Wildman–Crippen LogP) is 2.52. The van der Waals surface area contributed by atoms with Crippen molar-refractivity contribution in [3.05, 3.63) is 64.8 Å².